The number of nitro groups is 1. The molecule has 0 radical (unpaired) electrons. The smallest absolute Gasteiger partial charge is 0.421 e. The van der Waals surface area contributed by atoms with Gasteiger partial charge in [-0.05, 0) is 42.5 Å². The Morgan fingerprint density at radius 2 is 1.91 bits per heavy atom. The molecular weight excluding hydrogens is 462 g/mol. The number of anilines is 2. The van der Waals surface area contributed by atoms with Crippen LogP contribution in [0.25, 0.3) is 11.1 Å². The second-order valence-electron chi connectivity index (χ2n) is 8.05. The highest BCUT2D eigenvalue weighted by molar-refractivity contribution is 6.31. The van der Waals surface area contributed by atoms with Gasteiger partial charge in [0.2, 0.25) is 0 Å². The fourth-order valence-electron chi connectivity index (χ4n) is 4.13. The summed E-state index contributed by atoms with van der Waals surface area (Å²) in [5.41, 5.74) is 2.52. The Bertz CT molecular complexity index is 1370. The van der Waals surface area contributed by atoms with Crippen molar-refractivity contribution in [3.63, 3.8) is 0 Å². The number of hydrogen-bond acceptors (Lipinski definition) is 8. The van der Waals surface area contributed by atoms with E-state index >= 15 is 0 Å². The van der Waals surface area contributed by atoms with Crippen molar-refractivity contribution in [2.75, 3.05) is 36.4 Å². The van der Waals surface area contributed by atoms with Gasteiger partial charge in [0.1, 0.15) is 11.4 Å². The summed E-state index contributed by atoms with van der Waals surface area (Å²) >= 11 is 6.09. The molecule has 1 N–H and O–H groups in total. The molecule has 0 aliphatic carbocycles. The van der Waals surface area contributed by atoms with Crippen molar-refractivity contribution in [2.24, 2.45) is 0 Å². The van der Waals surface area contributed by atoms with Gasteiger partial charge in [-0.2, -0.15) is 0 Å². The maximum absolute atomic E-state index is 12.3. The third-order valence-electron chi connectivity index (χ3n) is 5.92. The van der Waals surface area contributed by atoms with E-state index in [2.05, 4.69) is 15.1 Å². The van der Waals surface area contributed by atoms with Crippen molar-refractivity contribution < 1.29 is 13.8 Å². The molecule has 10 nitrogen and oxygen atoms in total. The maximum Gasteiger partial charge on any atom is 0.421 e. The average molecular weight is 484 g/mol. The number of furan rings is 1. The number of piperazine rings is 1. The zero-order chi connectivity index (χ0) is 23.7. The molecule has 0 saturated carbocycles. The molecule has 0 bridgehead atoms. The van der Waals surface area contributed by atoms with Crippen LogP contribution in [-0.2, 0) is 13.2 Å². The summed E-state index contributed by atoms with van der Waals surface area (Å²) in [5, 5.41) is 15.1. The Morgan fingerprint density at radius 3 is 2.65 bits per heavy atom. The first kappa shape index (κ1) is 22.1. The summed E-state index contributed by atoms with van der Waals surface area (Å²) in [4.78, 5) is 27.7. The number of oxazole rings is 1. The van der Waals surface area contributed by atoms with E-state index in [0.29, 0.717) is 67.0 Å². The Hall–Kier alpha value is -3.76. The number of hydrogen-bond donors (Lipinski definition) is 1. The lowest BCUT2D eigenvalue weighted by Gasteiger charge is -2.36. The van der Waals surface area contributed by atoms with Gasteiger partial charge < -0.3 is 19.1 Å². The standard InChI is InChI=1S/C23H22ClN5O5/c24-16-3-6-22-21(12-16)28(23(30)34-22)15-26-7-9-27(10-8-26)17-4-5-20(29(31)32)19(13-17)25-14-18-2-1-11-33-18/h1-6,11-13,25H,7-10,14-15H2. The Morgan fingerprint density at radius 1 is 1.09 bits per heavy atom. The highest BCUT2D eigenvalue weighted by Crippen LogP contribution is 2.31. The number of aromatic nitrogens is 1. The predicted molar refractivity (Wildman–Crippen MR) is 128 cm³/mol. The van der Waals surface area contributed by atoms with E-state index in [4.69, 9.17) is 20.4 Å². The SMILES string of the molecule is O=c1oc2ccc(Cl)cc2n1CN1CCN(c2ccc([N+](=O)[O-])c(NCc3ccco3)c2)CC1. The Kier molecular flexibility index (Phi) is 5.99. The van der Waals surface area contributed by atoms with Gasteiger partial charge in [-0.1, -0.05) is 11.6 Å². The summed E-state index contributed by atoms with van der Waals surface area (Å²) < 4.78 is 12.2. The van der Waals surface area contributed by atoms with Gasteiger partial charge in [-0.3, -0.25) is 19.6 Å². The first-order valence-electron chi connectivity index (χ1n) is 10.8. The molecule has 0 spiro atoms. The molecule has 1 saturated heterocycles. The van der Waals surface area contributed by atoms with E-state index in [1.165, 1.54) is 6.07 Å². The molecular formula is C23H22ClN5O5. The van der Waals surface area contributed by atoms with Gasteiger partial charge in [0.15, 0.2) is 5.58 Å². The number of fused-ring (bicyclic) bond motifs is 1. The van der Waals surface area contributed by atoms with Crippen molar-refractivity contribution in [3.05, 3.63) is 86.2 Å². The van der Waals surface area contributed by atoms with Crippen LogP contribution in [0.4, 0.5) is 17.1 Å². The minimum absolute atomic E-state index is 0.0128. The quantitative estimate of drug-likeness (QED) is 0.308. The highest BCUT2D eigenvalue weighted by atomic mass is 35.5. The van der Waals surface area contributed by atoms with E-state index < -0.39 is 10.7 Å². The van der Waals surface area contributed by atoms with Crippen LogP contribution < -0.4 is 16.0 Å². The lowest BCUT2D eigenvalue weighted by atomic mass is 10.2. The molecule has 1 fully saturated rings. The van der Waals surface area contributed by atoms with Crippen LogP contribution in [0.15, 0.2) is 68.4 Å². The molecule has 176 valence electrons. The molecule has 3 heterocycles. The zero-order valence-corrected chi connectivity index (χ0v) is 18.9. The van der Waals surface area contributed by atoms with Crippen LogP contribution in [0.3, 0.4) is 0 Å². The fraction of sp³-hybridized carbons (Fsp3) is 0.261. The molecule has 1 aliphatic heterocycles. The third-order valence-corrected chi connectivity index (χ3v) is 6.15. The predicted octanol–water partition coefficient (Wildman–Crippen LogP) is 4.14. The number of nitrogens with zero attached hydrogens (tertiary/aromatic N) is 4. The number of rotatable bonds is 7. The first-order valence-corrected chi connectivity index (χ1v) is 11.2. The number of nitrogens with one attached hydrogen (secondary N) is 1. The summed E-state index contributed by atoms with van der Waals surface area (Å²) in [5.74, 6) is 0.277. The van der Waals surface area contributed by atoms with Crippen LogP contribution in [0, 0.1) is 10.1 Å². The lowest BCUT2D eigenvalue weighted by molar-refractivity contribution is -0.384. The normalized spacial score (nSPS) is 14.6. The molecule has 34 heavy (non-hydrogen) atoms. The van der Waals surface area contributed by atoms with Gasteiger partial charge >= 0.3 is 5.76 Å². The van der Waals surface area contributed by atoms with E-state index in [9.17, 15) is 14.9 Å². The highest BCUT2D eigenvalue weighted by Gasteiger charge is 2.22. The van der Waals surface area contributed by atoms with Gasteiger partial charge in [-0.15, -0.1) is 0 Å². The van der Waals surface area contributed by atoms with E-state index in [1.54, 1.807) is 47.2 Å². The number of halogens is 1. The third kappa shape index (κ3) is 4.50. The van der Waals surface area contributed by atoms with Crippen molar-refractivity contribution >= 4 is 39.8 Å². The van der Waals surface area contributed by atoms with Crippen LogP contribution >= 0.6 is 11.6 Å². The van der Waals surface area contributed by atoms with Gasteiger partial charge in [0.25, 0.3) is 5.69 Å². The number of nitro benzene ring substituents is 1. The second-order valence-corrected chi connectivity index (χ2v) is 8.48. The van der Waals surface area contributed by atoms with Crippen LogP contribution in [0.2, 0.25) is 5.02 Å². The molecule has 4 aromatic rings. The number of benzene rings is 2. The second kappa shape index (κ2) is 9.24. The van der Waals surface area contributed by atoms with Crippen molar-refractivity contribution in [2.45, 2.75) is 13.2 Å². The van der Waals surface area contributed by atoms with Crippen LogP contribution in [0.5, 0.6) is 0 Å². The van der Waals surface area contributed by atoms with Gasteiger partial charge in [0, 0.05) is 43.0 Å². The Balaban J connectivity index is 1.28. The summed E-state index contributed by atoms with van der Waals surface area (Å²) in [6.45, 7) is 3.60. The molecule has 2 aromatic heterocycles. The van der Waals surface area contributed by atoms with Crippen molar-refractivity contribution in [1.82, 2.24) is 9.47 Å². The van der Waals surface area contributed by atoms with E-state index in [1.807, 2.05) is 6.07 Å². The largest absolute Gasteiger partial charge is 0.467 e. The molecule has 5 rings (SSSR count). The summed E-state index contributed by atoms with van der Waals surface area (Å²) in [6, 6.07) is 13.8. The molecule has 0 atom stereocenters. The van der Waals surface area contributed by atoms with Crippen LogP contribution in [-0.4, -0.2) is 40.6 Å². The Labute approximate surface area is 199 Å². The fourth-order valence-corrected chi connectivity index (χ4v) is 4.30. The molecule has 11 heteroatoms. The molecule has 0 amide bonds. The average Bonchev–Trinajstić information content (AvgIpc) is 3.46. The summed E-state index contributed by atoms with van der Waals surface area (Å²) in [6.07, 6.45) is 1.57. The van der Waals surface area contributed by atoms with Crippen molar-refractivity contribution in [3.8, 4) is 0 Å². The molecule has 2 aromatic carbocycles. The van der Waals surface area contributed by atoms with E-state index in [0.717, 1.165) is 5.69 Å². The van der Waals surface area contributed by atoms with Gasteiger partial charge in [0.05, 0.1) is 29.9 Å². The minimum Gasteiger partial charge on any atom is -0.467 e. The monoisotopic (exact) mass is 483 g/mol. The first-order chi connectivity index (χ1) is 16.5. The molecule has 1 aliphatic rings. The maximum atomic E-state index is 12.3. The minimum atomic E-state index is -0.415. The topological polar surface area (TPSA) is 110 Å². The lowest BCUT2D eigenvalue weighted by Crippen LogP contribution is -2.47. The van der Waals surface area contributed by atoms with Gasteiger partial charge in [-0.25, -0.2) is 4.79 Å². The van der Waals surface area contributed by atoms with Crippen LogP contribution in [0.1, 0.15) is 5.76 Å². The molecule has 0 unspecified atom stereocenters. The zero-order valence-electron chi connectivity index (χ0n) is 18.1. The van der Waals surface area contributed by atoms with E-state index in [-0.39, 0.29) is 5.69 Å². The van der Waals surface area contributed by atoms with Crippen molar-refractivity contribution in [1.29, 1.82) is 0 Å². The summed E-state index contributed by atoms with van der Waals surface area (Å²) in [7, 11) is 0.